The molecule has 8 heteroatoms. The fourth-order valence-corrected chi connectivity index (χ4v) is 3.55. The molecule has 2 aromatic rings. The van der Waals surface area contributed by atoms with Crippen LogP contribution in [0, 0.1) is 5.82 Å². The second-order valence-electron chi connectivity index (χ2n) is 5.74. The maximum atomic E-state index is 14.2. The Morgan fingerprint density at radius 2 is 2.05 bits per heavy atom. The van der Waals surface area contributed by atoms with Gasteiger partial charge >= 0.3 is 0 Å². The van der Waals surface area contributed by atoms with E-state index in [0.29, 0.717) is 4.88 Å². The van der Waals surface area contributed by atoms with Gasteiger partial charge in [-0.2, -0.15) is 0 Å². The zero-order valence-corrected chi connectivity index (χ0v) is 14.7. The predicted octanol–water partition coefficient (Wildman–Crippen LogP) is 3.74. The molecule has 0 aliphatic carbocycles. The zero-order chi connectivity index (χ0) is 16.5. The van der Waals surface area contributed by atoms with Crippen LogP contribution in [0.4, 0.5) is 4.39 Å². The maximum Gasteiger partial charge on any atom is 0.217 e. The molecule has 4 nitrogen and oxygen atoms in total. The third kappa shape index (κ3) is 3.65. The Balaban J connectivity index is 2.50. The predicted molar refractivity (Wildman–Crippen MR) is 87.2 cm³/mol. The highest BCUT2D eigenvalue weighted by molar-refractivity contribution is 7.90. The Bertz CT molecular complexity index is 756. The SMILES string of the molecule is CC(C)(C)S(=O)(=O)NC(c1cncs1)c1ccc(Cl)cc1F. The summed E-state index contributed by atoms with van der Waals surface area (Å²) in [7, 11) is -3.67. The number of halogens is 2. The highest BCUT2D eigenvalue weighted by Crippen LogP contribution is 2.30. The molecule has 0 saturated carbocycles. The van der Waals surface area contributed by atoms with Gasteiger partial charge in [0.15, 0.2) is 0 Å². The summed E-state index contributed by atoms with van der Waals surface area (Å²) in [4.78, 5) is 4.55. The van der Waals surface area contributed by atoms with Crippen molar-refractivity contribution in [1.29, 1.82) is 0 Å². The third-order valence-electron chi connectivity index (χ3n) is 3.09. The van der Waals surface area contributed by atoms with Crippen molar-refractivity contribution in [2.75, 3.05) is 0 Å². The molecule has 22 heavy (non-hydrogen) atoms. The number of hydrogen-bond acceptors (Lipinski definition) is 4. The first kappa shape index (κ1) is 17.3. The lowest BCUT2D eigenvalue weighted by molar-refractivity contribution is 0.531. The molecule has 0 aliphatic rings. The lowest BCUT2D eigenvalue weighted by Crippen LogP contribution is -2.41. The van der Waals surface area contributed by atoms with Crippen LogP contribution < -0.4 is 4.72 Å². The van der Waals surface area contributed by atoms with Crippen LogP contribution in [-0.4, -0.2) is 18.1 Å². The summed E-state index contributed by atoms with van der Waals surface area (Å²) < 4.78 is 40.7. The number of benzene rings is 1. The van der Waals surface area contributed by atoms with E-state index < -0.39 is 26.6 Å². The molecule has 0 spiro atoms. The van der Waals surface area contributed by atoms with Gasteiger partial charge in [-0.15, -0.1) is 11.3 Å². The van der Waals surface area contributed by atoms with E-state index in [1.807, 2.05) is 0 Å². The minimum Gasteiger partial charge on any atom is -0.253 e. The Kier molecular flexibility index (Phi) is 4.91. The first-order chi connectivity index (χ1) is 10.1. The average molecular weight is 363 g/mol. The van der Waals surface area contributed by atoms with E-state index in [1.54, 1.807) is 26.3 Å². The van der Waals surface area contributed by atoms with Crippen LogP contribution in [0.5, 0.6) is 0 Å². The summed E-state index contributed by atoms with van der Waals surface area (Å²) in [6.45, 7) is 4.74. The summed E-state index contributed by atoms with van der Waals surface area (Å²) in [6, 6.07) is 3.33. The number of nitrogens with one attached hydrogen (secondary N) is 1. The fraction of sp³-hybridized carbons (Fsp3) is 0.357. The average Bonchev–Trinajstić information content (AvgIpc) is 2.88. The summed E-state index contributed by atoms with van der Waals surface area (Å²) >= 11 is 7.02. The van der Waals surface area contributed by atoms with Crippen molar-refractivity contribution in [3.05, 3.63) is 51.2 Å². The molecule has 1 aromatic heterocycles. The minimum atomic E-state index is -3.67. The zero-order valence-electron chi connectivity index (χ0n) is 12.3. The number of hydrogen-bond donors (Lipinski definition) is 1. The van der Waals surface area contributed by atoms with Gasteiger partial charge in [-0.1, -0.05) is 17.7 Å². The summed E-state index contributed by atoms with van der Waals surface area (Å²) in [5.41, 5.74) is 1.78. The van der Waals surface area contributed by atoms with Crippen LogP contribution in [0.2, 0.25) is 5.02 Å². The van der Waals surface area contributed by atoms with Crippen molar-refractivity contribution in [3.8, 4) is 0 Å². The van der Waals surface area contributed by atoms with Gasteiger partial charge in [0.05, 0.1) is 16.3 Å². The lowest BCUT2D eigenvalue weighted by atomic mass is 10.1. The van der Waals surface area contributed by atoms with Gasteiger partial charge in [-0.05, 0) is 32.9 Å². The van der Waals surface area contributed by atoms with Gasteiger partial charge < -0.3 is 0 Å². The molecular formula is C14H16ClFN2O2S2. The molecule has 0 fully saturated rings. The Morgan fingerprint density at radius 3 is 2.55 bits per heavy atom. The first-order valence-corrected chi connectivity index (χ1v) is 9.21. The molecule has 0 saturated heterocycles. The van der Waals surface area contributed by atoms with Crippen LogP contribution in [0.1, 0.15) is 37.3 Å². The molecule has 1 aromatic carbocycles. The molecule has 0 bridgehead atoms. The third-order valence-corrected chi connectivity index (χ3v) is 6.32. The molecule has 120 valence electrons. The Morgan fingerprint density at radius 1 is 1.36 bits per heavy atom. The standard InChI is InChI=1S/C14H16ClFN2O2S2/c1-14(2,3)22(19,20)18-13(12-7-17-8-21-12)10-5-4-9(15)6-11(10)16/h4-8,13,18H,1-3H3. The van der Waals surface area contributed by atoms with Crippen LogP contribution in [0.3, 0.4) is 0 Å². The topological polar surface area (TPSA) is 59.1 Å². The van der Waals surface area contributed by atoms with Crippen molar-refractivity contribution in [3.63, 3.8) is 0 Å². The van der Waals surface area contributed by atoms with E-state index in [0.717, 1.165) is 6.07 Å². The molecular weight excluding hydrogens is 347 g/mol. The van der Waals surface area contributed by atoms with Gasteiger partial charge in [0, 0.05) is 21.7 Å². The smallest absolute Gasteiger partial charge is 0.217 e. The van der Waals surface area contributed by atoms with Crippen LogP contribution in [0.25, 0.3) is 0 Å². The Hall–Kier alpha value is -1.02. The number of nitrogens with zero attached hydrogens (tertiary/aromatic N) is 1. The largest absolute Gasteiger partial charge is 0.253 e. The van der Waals surface area contributed by atoms with E-state index in [-0.39, 0.29) is 10.6 Å². The van der Waals surface area contributed by atoms with Crippen LogP contribution >= 0.6 is 22.9 Å². The van der Waals surface area contributed by atoms with Gasteiger partial charge in [0.25, 0.3) is 0 Å². The summed E-state index contributed by atoms with van der Waals surface area (Å²) in [5, 5.41) is 0.253. The van der Waals surface area contributed by atoms with Gasteiger partial charge in [-0.3, -0.25) is 4.98 Å². The summed E-state index contributed by atoms with van der Waals surface area (Å²) in [6.07, 6.45) is 1.52. The van der Waals surface area contributed by atoms with Crippen LogP contribution in [-0.2, 0) is 10.0 Å². The van der Waals surface area contributed by atoms with E-state index in [4.69, 9.17) is 11.6 Å². The van der Waals surface area contributed by atoms with E-state index >= 15 is 0 Å². The number of thiazole rings is 1. The monoisotopic (exact) mass is 362 g/mol. The highest BCUT2D eigenvalue weighted by Gasteiger charge is 2.33. The molecule has 1 atom stereocenters. The minimum absolute atomic E-state index is 0.210. The fourth-order valence-electron chi connectivity index (χ4n) is 1.71. The second-order valence-corrected chi connectivity index (χ2v) is 9.56. The van der Waals surface area contributed by atoms with E-state index in [9.17, 15) is 12.8 Å². The van der Waals surface area contributed by atoms with Crippen molar-refractivity contribution >= 4 is 33.0 Å². The summed E-state index contributed by atoms with van der Waals surface area (Å²) in [5.74, 6) is -0.567. The van der Waals surface area contributed by atoms with Crippen molar-refractivity contribution in [2.45, 2.75) is 31.6 Å². The molecule has 0 aliphatic heterocycles. The molecule has 1 N–H and O–H groups in total. The maximum absolute atomic E-state index is 14.2. The van der Waals surface area contributed by atoms with Crippen molar-refractivity contribution in [2.24, 2.45) is 0 Å². The van der Waals surface area contributed by atoms with Crippen LogP contribution in [0.15, 0.2) is 29.9 Å². The molecule has 0 amide bonds. The number of aromatic nitrogens is 1. The van der Waals surface area contributed by atoms with Crippen molar-refractivity contribution < 1.29 is 12.8 Å². The lowest BCUT2D eigenvalue weighted by Gasteiger charge is -2.25. The highest BCUT2D eigenvalue weighted by atomic mass is 35.5. The number of sulfonamides is 1. The van der Waals surface area contributed by atoms with E-state index in [1.165, 1.54) is 29.7 Å². The quantitative estimate of drug-likeness (QED) is 0.901. The molecule has 1 heterocycles. The normalized spacial score (nSPS) is 14.0. The molecule has 1 unspecified atom stereocenters. The van der Waals surface area contributed by atoms with E-state index in [2.05, 4.69) is 9.71 Å². The Labute approximate surface area is 138 Å². The molecule has 2 rings (SSSR count). The second kappa shape index (κ2) is 6.23. The van der Waals surface area contributed by atoms with Gasteiger partial charge in [0.2, 0.25) is 10.0 Å². The van der Waals surface area contributed by atoms with Crippen molar-refractivity contribution in [1.82, 2.24) is 9.71 Å². The first-order valence-electron chi connectivity index (χ1n) is 6.47. The number of rotatable bonds is 4. The molecule has 0 radical (unpaired) electrons. The van der Waals surface area contributed by atoms with Gasteiger partial charge in [0.1, 0.15) is 5.82 Å². The van der Waals surface area contributed by atoms with Gasteiger partial charge in [-0.25, -0.2) is 17.5 Å².